The topological polar surface area (TPSA) is 64.1 Å². The number of rotatable bonds is 7. The van der Waals surface area contributed by atoms with Gasteiger partial charge in [0.1, 0.15) is 6.29 Å². The fourth-order valence-electron chi connectivity index (χ4n) is 4.28. The van der Waals surface area contributed by atoms with Crippen LogP contribution < -0.4 is 0 Å². The van der Waals surface area contributed by atoms with E-state index in [9.17, 15) is 14.4 Å². The minimum Gasteiger partial charge on any atom is -0.303 e. The summed E-state index contributed by atoms with van der Waals surface area (Å²) in [4.78, 5) is 42.8. The first-order valence-corrected chi connectivity index (χ1v) is 11.4. The lowest BCUT2D eigenvalue weighted by Crippen LogP contribution is -2.41. The van der Waals surface area contributed by atoms with Gasteiger partial charge in [0.25, 0.3) is 0 Å². The molecule has 4 rings (SSSR count). The number of pyridine rings is 1. The number of hydrogen-bond acceptors (Lipinski definition) is 5. The van der Waals surface area contributed by atoms with Crippen molar-refractivity contribution < 1.29 is 14.4 Å². The third-order valence-electron chi connectivity index (χ3n) is 5.86. The number of benzene rings is 2. The summed E-state index contributed by atoms with van der Waals surface area (Å²) in [6.07, 6.45) is 4.63. The second-order valence-electron chi connectivity index (χ2n) is 7.76. The van der Waals surface area contributed by atoms with Crippen LogP contribution in [0.2, 0.25) is 0 Å². The van der Waals surface area contributed by atoms with Crippen molar-refractivity contribution in [2.45, 2.75) is 17.6 Å². The number of aromatic nitrogens is 1. The van der Waals surface area contributed by atoms with Gasteiger partial charge in [-0.05, 0) is 23.3 Å². The van der Waals surface area contributed by atoms with E-state index in [0.29, 0.717) is 16.9 Å². The Morgan fingerprint density at radius 1 is 0.935 bits per heavy atom. The number of hydrogen-bond donors (Lipinski definition) is 0. The monoisotopic (exact) mass is 429 g/mol. The van der Waals surface area contributed by atoms with E-state index >= 15 is 0 Å². The van der Waals surface area contributed by atoms with Crippen LogP contribution in [-0.4, -0.2) is 33.8 Å². The summed E-state index contributed by atoms with van der Waals surface area (Å²) in [7, 11) is 0. The van der Waals surface area contributed by atoms with Crippen molar-refractivity contribution in [1.82, 2.24) is 4.98 Å². The van der Waals surface area contributed by atoms with Crippen molar-refractivity contribution in [2.24, 2.45) is 11.8 Å². The molecule has 1 aliphatic rings. The normalized spacial score (nSPS) is 23.1. The molecule has 1 aromatic heterocycles. The second kappa shape index (κ2) is 9.84. The Bertz CT molecular complexity index is 1040. The Morgan fingerprint density at radius 2 is 1.61 bits per heavy atom. The van der Waals surface area contributed by atoms with E-state index in [4.69, 9.17) is 0 Å². The summed E-state index contributed by atoms with van der Waals surface area (Å²) >= 11 is 1.55. The Hall–Kier alpha value is -3.05. The van der Waals surface area contributed by atoms with Gasteiger partial charge in [-0.3, -0.25) is 14.6 Å². The second-order valence-corrected chi connectivity index (χ2v) is 8.94. The van der Waals surface area contributed by atoms with E-state index < -0.39 is 11.2 Å². The molecule has 1 fully saturated rings. The zero-order valence-electron chi connectivity index (χ0n) is 17.0. The van der Waals surface area contributed by atoms with Gasteiger partial charge in [-0.25, -0.2) is 0 Å². The molecule has 2 aromatic carbocycles. The van der Waals surface area contributed by atoms with E-state index in [2.05, 4.69) is 4.98 Å². The van der Waals surface area contributed by atoms with E-state index in [1.54, 1.807) is 36.3 Å². The molecular weight excluding hydrogens is 406 g/mol. The zero-order valence-corrected chi connectivity index (χ0v) is 17.8. The number of carbonyl (C=O) groups excluding carboxylic acids is 3. The average molecular weight is 430 g/mol. The predicted molar refractivity (Wildman–Crippen MR) is 122 cm³/mol. The quantitative estimate of drug-likeness (QED) is 0.396. The molecule has 156 valence electrons. The van der Waals surface area contributed by atoms with Crippen LogP contribution in [0, 0.1) is 11.8 Å². The van der Waals surface area contributed by atoms with Crippen molar-refractivity contribution in [1.29, 1.82) is 0 Å². The highest BCUT2D eigenvalue weighted by Gasteiger charge is 2.44. The summed E-state index contributed by atoms with van der Waals surface area (Å²) in [5.41, 5.74) is 2.15. The fraction of sp³-hybridized carbons (Fsp3) is 0.231. The molecule has 0 N–H and O–H groups in total. The van der Waals surface area contributed by atoms with Gasteiger partial charge in [0.2, 0.25) is 0 Å². The largest absolute Gasteiger partial charge is 0.303 e. The Kier molecular flexibility index (Phi) is 6.73. The lowest BCUT2D eigenvalue weighted by Gasteiger charge is -2.39. The molecule has 0 bridgehead atoms. The molecule has 4 atom stereocenters. The molecule has 2 heterocycles. The number of aldehydes is 1. The maximum Gasteiger partial charge on any atom is 0.176 e. The average Bonchev–Trinajstić information content (AvgIpc) is 2.85. The van der Waals surface area contributed by atoms with Crippen LogP contribution in [-0.2, 0) is 4.79 Å². The maximum atomic E-state index is 13.4. The van der Waals surface area contributed by atoms with Gasteiger partial charge in [0.15, 0.2) is 11.6 Å². The van der Waals surface area contributed by atoms with Gasteiger partial charge >= 0.3 is 0 Å². The highest BCUT2D eigenvalue weighted by molar-refractivity contribution is 8.00. The Morgan fingerprint density at radius 3 is 2.23 bits per heavy atom. The van der Waals surface area contributed by atoms with Crippen molar-refractivity contribution in [2.75, 3.05) is 5.75 Å². The van der Waals surface area contributed by atoms with E-state index in [0.717, 1.165) is 11.8 Å². The molecule has 0 spiro atoms. The standard InChI is InChI=1S/C26H23NO3S/c28-16-22-21(14-23(29)18-8-3-1-4-9-18)17-31-26(24(22)20-12-7-13-27-15-20)25(30)19-10-5-2-6-11-19/h1-13,15-16,21-22,24,26H,14,17H2/t21-,22+,24-,26-/m1/s1. The summed E-state index contributed by atoms with van der Waals surface area (Å²) in [5.74, 6) is -0.278. The SMILES string of the molecule is O=C[C@H]1[C@H](CC(=O)c2ccccc2)CS[C@@H](C(=O)c2ccccc2)[C@@H]1c1cccnc1. The first-order valence-electron chi connectivity index (χ1n) is 10.3. The summed E-state index contributed by atoms with van der Waals surface area (Å²) in [6.45, 7) is 0. The van der Waals surface area contributed by atoms with Crippen LogP contribution in [0.1, 0.15) is 38.6 Å². The van der Waals surface area contributed by atoms with Gasteiger partial charge in [-0.1, -0.05) is 66.7 Å². The number of ketones is 2. The highest BCUT2D eigenvalue weighted by Crippen LogP contribution is 2.46. The summed E-state index contributed by atoms with van der Waals surface area (Å²) in [6, 6.07) is 22.1. The molecule has 5 heteroatoms. The summed E-state index contributed by atoms with van der Waals surface area (Å²) < 4.78 is 0. The van der Waals surface area contributed by atoms with Crippen molar-refractivity contribution >= 4 is 29.6 Å². The first kappa shape index (κ1) is 21.2. The molecule has 0 aliphatic carbocycles. The van der Waals surface area contributed by atoms with Crippen molar-refractivity contribution in [3.8, 4) is 0 Å². The van der Waals surface area contributed by atoms with E-state index in [1.165, 1.54) is 0 Å². The maximum absolute atomic E-state index is 13.4. The van der Waals surface area contributed by atoms with E-state index in [1.807, 2.05) is 60.7 Å². The minimum atomic E-state index is -0.434. The van der Waals surface area contributed by atoms with Crippen LogP contribution in [0.4, 0.5) is 0 Å². The fourth-order valence-corrected chi connectivity index (χ4v) is 5.91. The molecule has 3 aromatic rings. The molecular formula is C26H23NO3S. The highest BCUT2D eigenvalue weighted by atomic mass is 32.2. The van der Waals surface area contributed by atoms with Gasteiger partial charge in [-0.15, -0.1) is 11.8 Å². The Labute approximate surface area is 186 Å². The minimum absolute atomic E-state index is 0.0131. The number of Topliss-reactive ketones (excluding diaryl/α,β-unsaturated/α-hetero) is 2. The molecule has 4 nitrogen and oxygen atoms in total. The molecule has 0 unspecified atom stereocenters. The number of carbonyl (C=O) groups is 3. The molecule has 31 heavy (non-hydrogen) atoms. The summed E-state index contributed by atoms with van der Waals surface area (Å²) in [5, 5.41) is -0.398. The zero-order chi connectivity index (χ0) is 21.6. The van der Waals surface area contributed by atoms with E-state index in [-0.39, 0.29) is 29.8 Å². The third-order valence-corrected chi connectivity index (χ3v) is 7.35. The van der Waals surface area contributed by atoms with Crippen LogP contribution in [0.25, 0.3) is 0 Å². The van der Waals surface area contributed by atoms with Gasteiger partial charge in [0, 0.05) is 41.8 Å². The molecule has 0 radical (unpaired) electrons. The van der Waals surface area contributed by atoms with Gasteiger partial charge in [-0.2, -0.15) is 0 Å². The van der Waals surface area contributed by atoms with Crippen LogP contribution in [0.3, 0.4) is 0 Å². The van der Waals surface area contributed by atoms with Gasteiger partial charge in [0.05, 0.1) is 5.25 Å². The molecule has 1 saturated heterocycles. The lowest BCUT2D eigenvalue weighted by atomic mass is 9.74. The smallest absolute Gasteiger partial charge is 0.176 e. The number of thioether (sulfide) groups is 1. The van der Waals surface area contributed by atoms with Gasteiger partial charge < -0.3 is 4.79 Å². The van der Waals surface area contributed by atoms with Crippen molar-refractivity contribution in [3.63, 3.8) is 0 Å². The van der Waals surface area contributed by atoms with Crippen LogP contribution in [0.15, 0.2) is 85.2 Å². The molecule has 1 aliphatic heterocycles. The van der Waals surface area contributed by atoms with Crippen LogP contribution in [0.5, 0.6) is 0 Å². The number of nitrogens with zero attached hydrogens (tertiary/aromatic N) is 1. The van der Waals surface area contributed by atoms with Crippen molar-refractivity contribution in [3.05, 3.63) is 102 Å². The molecule has 0 saturated carbocycles. The van der Waals surface area contributed by atoms with Crippen LogP contribution >= 0.6 is 11.8 Å². The predicted octanol–water partition coefficient (Wildman–Crippen LogP) is 4.87. The third kappa shape index (κ3) is 4.67. The lowest BCUT2D eigenvalue weighted by molar-refractivity contribution is -0.113. The molecule has 0 amide bonds. The Balaban J connectivity index is 1.65. The first-order chi connectivity index (χ1) is 15.2.